The fourth-order valence-corrected chi connectivity index (χ4v) is 3.56. The van der Waals surface area contributed by atoms with Gasteiger partial charge in [0, 0.05) is 11.3 Å². The average molecular weight is 260 g/mol. The third-order valence-electron chi connectivity index (χ3n) is 3.18. The van der Waals surface area contributed by atoms with Gasteiger partial charge in [0.15, 0.2) is 0 Å². The van der Waals surface area contributed by atoms with E-state index in [0.717, 1.165) is 4.88 Å². The highest BCUT2D eigenvalue weighted by atomic mass is 32.1. The Kier molecular flexibility index (Phi) is 3.60. The Morgan fingerprint density at radius 1 is 1.11 bits per heavy atom. The molecule has 1 aromatic carbocycles. The quantitative estimate of drug-likeness (QED) is 0.880. The van der Waals surface area contributed by atoms with E-state index in [1.54, 1.807) is 11.3 Å². The second kappa shape index (κ2) is 4.87. The van der Waals surface area contributed by atoms with Gasteiger partial charge in [0.1, 0.15) is 5.60 Å². The van der Waals surface area contributed by atoms with Gasteiger partial charge in [0.2, 0.25) is 0 Å². The summed E-state index contributed by atoms with van der Waals surface area (Å²) in [5.74, 6) is 0. The van der Waals surface area contributed by atoms with Crippen molar-refractivity contribution < 1.29 is 5.11 Å². The van der Waals surface area contributed by atoms with Crippen LogP contribution < -0.4 is 0 Å². The van der Waals surface area contributed by atoms with Crippen molar-refractivity contribution in [1.82, 2.24) is 0 Å². The van der Waals surface area contributed by atoms with Gasteiger partial charge in [0.05, 0.1) is 0 Å². The molecule has 0 aliphatic carbocycles. The maximum Gasteiger partial charge on any atom is 0.100 e. The van der Waals surface area contributed by atoms with Crippen molar-refractivity contribution >= 4 is 11.3 Å². The number of aryl methyl sites for hydroxylation is 3. The molecule has 0 saturated carbocycles. The summed E-state index contributed by atoms with van der Waals surface area (Å²) in [5.41, 5.74) is 4.10. The normalized spacial score (nSPS) is 14.5. The van der Waals surface area contributed by atoms with E-state index in [1.165, 1.54) is 22.3 Å². The smallest absolute Gasteiger partial charge is 0.100 e. The summed E-state index contributed by atoms with van der Waals surface area (Å²) in [4.78, 5) is 1.07. The monoisotopic (exact) mass is 260 g/mol. The van der Waals surface area contributed by atoms with Gasteiger partial charge < -0.3 is 5.11 Å². The molecule has 2 rings (SSSR count). The Morgan fingerprint density at radius 2 is 1.72 bits per heavy atom. The van der Waals surface area contributed by atoms with Crippen LogP contribution >= 0.6 is 11.3 Å². The van der Waals surface area contributed by atoms with Gasteiger partial charge in [-0.15, -0.1) is 11.3 Å². The largest absolute Gasteiger partial charge is 0.384 e. The molecule has 1 nitrogen and oxygen atoms in total. The summed E-state index contributed by atoms with van der Waals surface area (Å²) in [6.45, 7) is 8.16. The van der Waals surface area contributed by atoms with Gasteiger partial charge in [-0.3, -0.25) is 0 Å². The van der Waals surface area contributed by atoms with Crippen LogP contribution in [-0.2, 0) is 12.0 Å². The Morgan fingerprint density at radius 3 is 2.22 bits per heavy atom. The van der Waals surface area contributed by atoms with Crippen molar-refractivity contribution in [3.63, 3.8) is 0 Å². The fraction of sp³-hybridized carbons (Fsp3) is 0.375. The lowest BCUT2D eigenvalue weighted by Crippen LogP contribution is -2.24. The molecule has 0 amide bonds. The first-order valence-electron chi connectivity index (χ1n) is 6.22. The molecule has 0 fully saturated rings. The number of hydrogen-bond donors (Lipinski definition) is 1. The molecule has 0 spiro atoms. The molecule has 2 heteroatoms. The summed E-state index contributed by atoms with van der Waals surface area (Å²) in [6.07, 6.45) is 0.664. The Hall–Kier alpha value is -1.12. The Bertz CT molecular complexity index is 532. The van der Waals surface area contributed by atoms with Crippen molar-refractivity contribution in [3.8, 4) is 0 Å². The molecular weight excluding hydrogens is 240 g/mol. The zero-order chi connectivity index (χ0) is 13.3. The first-order valence-corrected chi connectivity index (χ1v) is 7.10. The number of aliphatic hydroxyl groups is 1. The lowest BCUT2D eigenvalue weighted by Gasteiger charge is -2.23. The van der Waals surface area contributed by atoms with E-state index >= 15 is 0 Å². The molecular formula is C16H20OS. The van der Waals surface area contributed by atoms with Gasteiger partial charge in [-0.25, -0.2) is 0 Å². The molecule has 1 atom stereocenters. The number of thiophene rings is 1. The minimum absolute atomic E-state index is 0.664. The standard InChI is InChI=1S/C16H20OS/c1-11-7-12(2)9-14(8-11)10-16(4,17)15-13(3)5-6-18-15/h5-9,17H,10H2,1-4H3. The highest BCUT2D eigenvalue weighted by Crippen LogP contribution is 2.32. The number of hydrogen-bond acceptors (Lipinski definition) is 2. The third-order valence-corrected chi connectivity index (χ3v) is 4.45. The third kappa shape index (κ3) is 2.82. The van der Waals surface area contributed by atoms with Crippen molar-refractivity contribution in [1.29, 1.82) is 0 Å². The van der Waals surface area contributed by atoms with E-state index in [1.807, 2.05) is 12.3 Å². The van der Waals surface area contributed by atoms with E-state index in [2.05, 4.69) is 45.0 Å². The van der Waals surface area contributed by atoms with Crippen LogP contribution in [0.5, 0.6) is 0 Å². The topological polar surface area (TPSA) is 20.2 Å². The Labute approximate surface area is 113 Å². The van der Waals surface area contributed by atoms with E-state index in [9.17, 15) is 5.11 Å². The zero-order valence-corrected chi connectivity index (χ0v) is 12.3. The zero-order valence-electron chi connectivity index (χ0n) is 11.4. The van der Waals surface area contributed by atoms with Crippen molar-refractivity contribution in [2.75, 3.05) is 0 Å². The van der Waals surface area contributed by atoms with Crippen molar-refractivity contribution in [2.24, 2.45) is 0 Å². The van der Waals surface area contributed by atoms with Crippen LogP contribution in [-0.4, -0.2) is 5.11 Å². The second-order valence-electron chi connectivity index (χ2n) is 5.38. The van der Waals surface area contributed by atoms with E-state index in [-0.39, 0.29) is 0 Å². The molecule has 2 aromatic rings. The highest BCUT2D eigenvalue weighted by molar-refractivity contribution is 7.10. The van der Waals surface area contributed by atoms with Crippen LogP contribution in [0.3, 0.4) is 0 Å². The summed E-state index contributed by atoms with van der Waals surface area (Å²) in [7, 11) is 0. The summed E-state index contributed by atoms with van der Waals surface area (Å²) in [6, 6.07) is 8.54. The summed E-state index contributed by atoms with van der Waals surface area (Å²) in [5, 5.41) is 12.7. The molecule has 18 heavy (non-hydrogen) atoms. The van der Waals surface area contributed by atoms with Crippen LogP contribution in [0.25, 0.3) is 0 Å². The molecule has 1 heterocycles. The van der Waals surface area contributed by atoms with E-state index < -0.39 is 5.60 Å². The molecule has 1 aromatic heterocycles. The molecule has 1 N–H and O–H groups in total. The first-order chi connectivity index (χ1) is 8.38. The first kappa shape index (κ1) is 13.3. The summed E-state index contributed by atoms with van der Waals surface area (Å²) >= 11 is 1.63. The van der Waals surface area contributed by atoms with Crippen molar-refractivity contribution in [3.05, 3.63) is 56.8 Å². The maximum atomic E-state index is 10.7. The van der Waals surface area contributed by atoms with E-state index in [0.29, 0.717) is 6.42 Å². The molecule has 0 bridgehead atoms. The Balaban J connectivity index is 2.30. The van der Waals surface area contributed by atoms with Crippen molar-refractivity contribution in [2.45, 2.75) is 39.7 Å². The van der Waals surface area contributed by atoms with Gasteiger partial charge >= 0.3 is 0 Å². The fourth-order valence-electron chi connectivity index (χ4n) is 2.57. The molecule has 0 radical (unpaired) electrons. The predicted octanol–water partition coefficient (Wildman–Crippen LogP) is 4.12. The van der Waals surface area contributed by atoms with Gasteiger partial charge in [0.25, 0.3) is 0 Å². The predicted molar refractivity (Wildman–Crippen MR) is 78.2 cm³/mol. The lowest BCUT2D eigenvalue weighted by atomic mass is 9.91. The van der Waals surface area contributed by atoms with Crippen LogP contribution in [0.4, 0.5) is 0 Å². The number of rotatable bonds is 3. The minimum atomic E-state index is -0.779. The second-order valence-corrected chi connectivity index (χ2v) is 6.30. The van der Waals surface area contributed by atoms with Crippen LogP contribution in [0.1, 0.15) is 34.1 Å². The van der Waals surface area contributed by atoms with Crippen LogP contribution in [0.15, 0.2) is 29.6 Å². The van der Waals surface area contributed by atoms with E-state index in [4.69, 9.17) is 0 Å². The van der Waals surface area contributed by atoms with Gasteiger partial charge in [-0.2, -0.15) is 0 Å². The SMILES string of the molecule is Cc1cc(C)cc(CC(C)(O)c2sccc2C)c1. The molecule has 0 saturated heterocycles. The maximum absolute atomic E-state index is 10.7. The summed E-state index contributed by atoms with van der Waals surface area (Å²) < 4.78 is 0. The molecule has 96 valence electrons. The van der Waals surface area contributed by atoms with Gasteiger partial charge in [-0.1, -0.05) is 29.3 Å². The lowest BCUT2D eigenvalue weighted by molar-refractivity contribution is 0.0609. The molecule has 0 aliphatic heterocycles. The van der Waals surface area contributed by atoms with Gasteiger partial charge in [-0.05, 0) is 50.3 Å². The average Bonchev–Trinajstić information content (AvgIpc) is 2.62. The highest BCUT2D eigenvalue weighted by Gasteiger charge is 2.26. The number of benzene rings is 1. The minimum Gasteiger partial charge on any atom is -0.384 e. The molecule has 0 aliphatic rings. The van der Waals surface area contributed by atoms with Crippen LogP contribution in [0, 0.1) is 20.8 Å². The molecule has 1 unspecified atom stereocenters. The van der Waals surface area contributed by atoms with Crippen LogP contribution in [0.2, 0.25) is 0 Å².